The van der Waals surface area contributed by atoms with Gasteiger partial charge in [-0.3, -0.25) is 4.98 Å². The van der Waals surface area contributed by atoms with E-state index in [4.69, 9.17) is 5.11 Å². The Morgan fingerprint density at radius 2 is 2.25 bits per heavy atom. The molecule has 0 aliphatic rings. The lowest BCUT2D eigenvalue weighted by Crippen LogP contribution is -2.33. The number of aromatic nitrogens is 1. The number of nitrogens with zero attached hydrogens (tertiary/aromatic N) is 1. The summed E-state index contributed by atoms with van der Waals surface area (Å²) < 4.78 is 26.3. The smallest absolute Gasteiger partial charge is 0.335 e. The van der Waals surface area contributed by atoms with Gasteiger partial charge in [0.25, 0.3) is 10.2 Å². The number of pyridine rings is 1. The van der Waals surface area contributed by atoms with Crippen molar-refractivity contribution in [1.29, 1.82) is 0 Å². The molecule has 16 heavy (non-hydrogen) atoms. The maximum atomic E-state index is 11.0. The minimum Gasteiger partial charge on any atom is -0.478 e. The second-order valence-corrected chi connectivity index (χ2v) is 4.57. The van der Waals surface area contributed by atoms with Crippen LogP contribution in [0, 0.1) is 0 Å². The summed E-state index contributed by atoms with van der Waals surface area (Å²) in [6, 6.07) is 2.64. The van der Waals surface area contributed by atoms with E-state index < -0.39 is 16.2 Å². The van der Waals surface area contributed by atoms with Crippen LogP contribution < -0.4 is 9.44 Å². The number of carbonyl (C=O) groups is 1. The van der Waals surface area contributed by atoms with Crippen LogP contribution >= 0.6 is 0 Å². The molecule has 0 aromatic carbocycles. The zero-order valence-corrected chi connectivity index (χ0v) is 9.28. The molecule has 0 bridgehead atoms. The molecule has 0 saturated heterocycles. The highest BCUT2D eigenvalue weighted by molar-refractivity contribution is 7.87. The van der Waals surface area contributed by atoms with Gasteiger partial charge in [-0.2, -0.15) is 13.1 Å². The monoisotopic (exact) mass is 245 g/mol. The average Bonchev–Trinajstić information content (AvgIpc) is 2.27. The van der Waals surface area contributed by atoms with Crippen molar-refractivity contribution in [3.05, 3.63) is 29.6 Å². The third kappa shape index (κ3) is 3.57. The van der Waals surface area contributed by atoms with Crippen molar-refractivity contribution >= 4 is 16.2 Å². The fraction of sp³-hybridized carbons (Fsp3) is 0.250. The van der Waals surface area contributed by atoms with Gasteiger partial charge in [-0.15, -0.1) is 0 Å². The summed E-state index contributed by atoms with van der Waals surface area (Å²) in [4.78, 5) is 14.5. The third-order valence-electron chi connectivity index (χ3n) is 1.78. The molecular formula is C8H11N3O4S. The van der Waals surface area contributed by atoms with Crippen molar-refractivity contribution in [3.63, 3.8) is 0 Å². The van der Waals surface area contributed by atoms with E-state index in [-0.39, 0.29) is 12.1 Å². The van der Waals surface area contributed by atoms with Crippen LogP contribution in [-0.4, -0.2) is 31.5 Å². The lowest BCUT2D eigenvalue weighted by atomic mass is 10.2. The van der Waals surface area contributed by atoms with Crippen LogP contribution in [-0.2, 0) is 16.8 Å². The van der Waals surface area contributed by atoms with Crippen LogP contribution in [0.2, 0.25) is 0 Å². The van der Waals surface area contributed by atoms with E-state index in [1.165, 1.54) is 25.4 Å². The molecule has 0 fully saturated rings. The Morgan fingerprint density at radius 3 is 2.81 bits per heavy atom. The number of carboxylic acid groups (broad SMARTS) is 1. The molecule has 1 aromatic rings. The molecule has 1 rings (SSSR count). The van der Waals surface area contributed by atoms with Gasteiger partial charge in [0, 0.05) is 13.2 Å². The Labute approximate surface area is 92.7 Å². The molecule has 0 unspecified atom stereocenters. The Bertz CT molecular complexity index is 486. The van der Waals surface area contributed by atoms with Gasteiger partial charge >= 0.3 is 5.97 Å². The minimum absolute atomic E-state index is 0.0636. The van der Waals surface area contributed by atoms with E-state index in [1.54, 1.807) is 0 Å². The lowest BCUT2D eigenvalue weighted by molar-refractivity contribution is 0.0696. The largest absolute Gasteiger partial charge is 0.478 e. The third-order valence-corrected chi connectivity index (χ3v) is 2.84. The highest BCUT2D eigenvalue weighted by atomic mass is 32.2. The predicted octanol–water partition coefficient (Wildman–Crippen LogP) is -0.666. The number of hydrogen-bond donors (Lipinski definition) is 3. The normalized spacial score (nSPS) is 11.3. The van der Waals surface area contributed by atoms with Gasteiger partial charge in [0.05, 0.1) is 17.8 Å². The summed E-state index contributed by atoms with van der Waals surface area (Å²) in [5.41, 5.74) is 0.396. The second kappa shape index (κ2) is 5.01. The van der Waals surface area contributed by atoms with Crippen LogP contribution in [0.3, 0.4) is 0 Å². The van der Waals surface area contributed by atoms with Gasteiger partial charge in [0.15, 0.2) is 0 Å². The fourth-order valence-corrected chi connectivity index (χ4v) is 1.43. The number of nitrogens with one attached hydrogen (secondary N) is 2. The molecule has 1 heterocycles. The van der Waals surface area contributed by atoms with Crippen LogP contribution in [0.4, 0.5) is 0 Å². The van der Waals surface area contributed by atoms with Crippen LogP contribution in [0.1, 0.15) is 16.1 Å². The van der Waals surface area contributed by atoms with Crippen molar-refractivity contribution in [2.75, 3.05) is 7.05 Å². The maximum absolute atomic E-state index is 11.0. The number of hydrogen-bond acceptors (Lipinski definition) is 4. The van der Waals surface area contributed by atoms with Crippen molar-refractivity contribution < 1.29 is 18.3 Å². The highest BCUT2D eigenvalue weighted by Crippen LogP contribution is 2.01. The summed E-state index contributed by atoms with van der Waals surface area (Å²) in [7, 11) is -2.27. The topological polar surface area (TPSA) is 108 Å². The fourth-order valence-electron chi connectivity index (χ4n) is 0.949. The molecule has 0 spiro atoms. The first-order chi connectivity index (χ1) is 7.44. The van der Waals surface area contributed by atoms with Gasteiger partial charge < -0.3 is 5.11 Å². The van der Waals surface area contributed by atoms with E-state index in [0.717, 1.165) is 0 Å². The predicted molar refractivity (Wildman–Crippen MR) is 56.0 cm³/mol. The summed E-state index contributed by atoms with van der Waals surface area (Å²) >= 11 is 0. The minimum atomic E-state index is -3.54. The average molecular weight is 245 g/mol. The lowest BCUT2D eigenvalue weighted by Gasteiger charge is -2.04. The van der Waals surface area contributed by atoms with Crippen LogP contribution in [0.5, 0.6) is 0 Å². The molecule has 88 valence electrons. The van der Waals surface area contributed by atoms with Crippen molar-refractivity contribution in [2.24, 2.45) is 0 Å². The summed E-state index contributed by atoms with van der Waals surface area (Å²) in [6.45, 7) is -0.0652. The molecular weight excluding hydrogens is 234 g/mol. The van der Waals surface area contributed by atoms with Crippen molar-refractivity contribution in [3.8, 4) is 0 Å². The van der Waals surface area contributed by atoms with Gasteiger partial charge in [0.2, 0.25) is 0 Å². The summed E-state index contributed by atoms with van der Waals surface area (Å²) in [6.07, 6.45) is 1.31. The van der Waals surface area contributed by atoms with Crippen molar-refractivity contribution in [1.82, 2.24) is 14.4 Å². The maximum Gasteiger partial charge on any atom is 0.335 e. The quantitative estimate of drug-likeness (QED) is 0.637. The van der Waals surface area contributed by atoms with E-state index in [2.05, 4.69) is 14.4 Å². The molecule has 0 radical (unpaired) electrons. The van der Waals surface area contributed by atoms with Gasteiger partial charge in [-0.25, -0.2) is 9.52 Å². The van der Waals surface area contributed by atoms with Crippen LogP contribution in [0.15, 0.2) is 18.3 Å². The van der Waals surface area contributed by atoms with Gasteiger partial charge in [0.1, 0.15) is 0 Å². The Morgan fingerprint density at radius 1 is 1.56 bits per heavy atom. The Kier molecular flexibility index (Phi) is 3.93. The SMILES string of the molecule is CNS(=O)(=O)NCc1cc(C(=O)O)ccn1. The number of carboxylic acids is 1. The van der Waals surface area contributed by atoms with Crippen LogP contribution in [0.25, 0.3) is 0 Å². The highest BCUT2D eigenvalue weighted by Gasteiger charge is 2.08. The molecule has 0 aliphatic carbocycles. The molecule has 0 aliphatic heterocycles. The summed E-state index contributed by atoms with van der Waals surface area (Å²) in [5, 5.41) is 8.70. The molecule has 3 N–H and O–H groups in total. The standard InChI is InChI=1S/C8H11N3O4S/c1-9-16(14,15)11-5-7-4-6(8(12)13)2-3-10-7/h2-4,9,11H,5H2,1H3,(H,12,13). The molecule has 1 aromatic heterocycles. The molecule has 8 heteroatoms. The second-order valence-electron chi connectivity index (χ2n) is 2.87. The first-order valence-corrected chi connectivity index (χ1v) is 5.79. The summed E-state index contributed by atoms with van der Waals surface area (Å²) in [5.74, 6) is -1.08. The molecule has 7 nitrogen and oxygen atoms in total. The number of aromatic carboxylic acids is 1. The zero-order valence-electron chi connectivity index (χ0n) is 8.47. The van der Waals surface area contributed by atoms with Gasteiger partial charge in [-0.1, -0.05) is 0 Å². The Balaban J connectivity index is 2.75. The zero-order chi connectivity index (χ0) is 12.2. The first-order valence-electron chi connectivity index (χ1n) is 4.31. The molecule has 0 amide bonds. The van der Waals surface area contributed by atoms with E-state index in [0.29, 0.717) is 5.69 Å². The molecule has 0 atom stereocenters. The van der Waals surface area contributed by atoms with E-state index in [9.17, 15) is 13.2 Å². The molecule has 0 saturated carbocycles. The Hall–Kier alpha value is -1.51. The van der Waals surface area contributed by atoms with Gasteiger partial charge in [-0.05, 0) is 12.1 Å². The first kappa shape index (κ1) is 12.6. The number of rotatable bonds is 5. The van der Waals surface area contributed by atoms with E-state index in [1.807, 2.05) is 0 Å². The van der Waals surface area contributed by atoms with Crippen molar-refractivity contribution in [2.45, 2.75) is 6.54 Å². The van der Waals surface area contributed by atoms with E-state index >= 15 is 0 Å².